The second-order valence-corrected chi connectivity index (χ2v) is 3.71. The number of benzene rings is 2. The van der Waals surface area contributed by atoms with Gasteiger partial charge in [0.25, 0.3) is 0 Å². The summed E-state index contributed by atoms with van der Waals surface area (Å²) < 4.78 is 0. The van der Waals surface area contributed by atoms with E-state index < -0.39 is 6.03 Å². The van der Waals surface area contributed by atoms with Crippen LogP contribution in [0.2, 0.25) is 0 Å². The highest BCUT2D eigenvalue weighted by atomic mass is 16.2. The smallest absolute Gasteiger partial charge is 0.334 e. The molecule has 4 nitrogen and oxygen atoms in total. The molecule has 0 aliphatic carbocycles. The molecule has 86 valence electrons. The first-order valence-corrected chi connectivity index (χ1v) is 5.23. The van der Waals surface area contributed by atoms with Gasteiger partial charge in [-0.05, 0) is 22.4 Å². The first-order valence-electron chi connectivity index (χ1n) is 5.23. The van der Waals surface area contributed by atoms with Crippen LogP contribution in [0.5, 0.6) is 0 Å². The van der Waals surface area contributed by atoms with Gasteiger partial charge in [-0.2, -0.15) is 5.10 Å². The molecule has 2 amide bonds. The second kappa shape index (κ2) is 4.65. The van der Waals surface area contributed by atoms with Crippen LogP contribution in [0.25, 0.3) is 10.8 Å². The van der Waals surface area contributed by atoms with Gasteiger partial charge < -0.3 is 5.73 Å². The lowest BCUT2D eigenvalue weighted by molar-refractivity contribution is 0.220. The zero-order valence-corrected chi connectivity index (χ0v) is 9.50. The van der Waals surface area contributed by atoms with Crippen molar-refractivity contribution in [2.45, 2.75) is 0 Å². The second-order valence-electron chi connectivity index (χ2n) is 3.71. The number of rotatable bonds is 2. The van der Waals surface area contributed by atoms with Gasteiger partial charge in [0.2, 0.25) is 0 Å². The number of nitrogens with two attached hydrogens (primary N) is 1. The summed E-state index contributed by atoms with van der Waals surface area (Å²) in [5.74, 6) is 0. The Morgan fingerprint density at radius 1 is 1.24 bits per heavy atom. The van der Waals surface area contributed by atoms with E-state index in [-0.39, 0.29) is 0 Å². The van der Waals surface area contributed by atoms with Crippen molar-refractivity contribution in [3.63, 3.8) is 0 Å². The van der Waals surface area contributed by atoms with Gasteiger partial charge in [0.1, 0.15) is 0 Å². The number of hydrazone groups is 1. The maximum Gasteiger partial charge on any atom is 0.334 e. The Balaban J connectivity index is 2.28. The molecule has 0 aliphatic rings. The van der Waals surface area contributed by atoms with E-state index in [1.54, 1.807) is 6.21 Å². The number of hydrogen-bond donors (Lipinski definition) is 1. The molecule has 0 aromatic heterocycles. The van der Waals surface area contributed by atoms with Crippen molar-refractivity contribution in [2.24, 2.45) is 10.8 Å². The number of urea groups is 1. The molecular formula is C13H13N3O. The zero-order chi connectivity index (χ0) is 12.3. The standard InChI is InChI=1S/C13H13N3O/c1-16(13(14)17)15-9-10-6-7-11-4-2-3-5-12(11)8-10/h2-9H,1H3,(H2,14,17). The van der Waals surface area contributed by atoms with Crippen LogP contribution in [0.3, 0.4) is 0 Å². The molecule has 0 unspecified atom stereocenters. The SMILES string of the molecule is CN(N=Cc1ccc2ccccc2c1)C(N)=O. The molecule has 2 rings (SSSR count). The van der Waals surface area contributed by atoms with E-state index in [0.29, 0.717) is 0 Å². The molecule has 2 aromatic carbocycles. The summed E-state index contributed by atoms with van der Waals surface area (Å²) >= 11 is 0. The summed E-state index contributed by atoms with van der Waals surface area (Å²) in [6, 6.07) is 13.4. The average molecular weight is 227 g/mol. The summed E-state index contributed by atoms with van der Waals surface area (Å²) in [5.41, 5.74) is 5.99. The monoisotopic (exact) mass is 227 g/mol. The fourth-order valence-corrected chi connectivity index (χ4v) is 1.50. The van der Waals surface area contributed by atoms with Gasteiger partial charge in [-0.15, -0.1) is 0 Å². The molecule has 17 heavy (non-hydrogen) atoms. The number of carbonyl (C=O) groups excluding carboxylic acids is 1. The lowest BCUT2D eigenvalue weighted by Gasteiger charge is -2.05. The minimum Gasteiger partial charge on any atom is -0.350 e. The van der Waals surface area contributed by atoms with Gasteiger partial charge in [-0.3, -0.25) is 0 Å². The van der Waals surface area contributed by atoms with E-state index in [0.717, 1.165) is 16.0 Å². The zero-order valence-electron chi connectivity index (χ0n) is 9.50. The van der Waals surface area contributed by atoms with Crippen LogP contribution in [0.4, 0.5) is 4.79 Å². The van der Waals surface area contributed by atoms with Gasteiger partial charge in [-0.25, -0.2) is 9.80 Å². The van der Waals surface area contributed by atoms with Crippen molar-refractivity contribution in [2.75, 3.05) is 7.05 Å². The molecule has 2 N–H and O–H groups in total. The molecule has 0 fully saturated rings. The van der Waals surface area contributed by atoms with Crippen LogP contribution in [0.1, 0.15) is 5.56 Å². The quantitative estimate of drug-likeness (QED) is 0.620. The molecule has 0 saturated heterocycles. The normalized spacial score (nSPS) is 10.9. The number of hydrogen-bond acceptors (Lipinski definition) is 2. The van der Waals surface area contributed by atoms with Gasteiger partial charge in [0.15, 0.2) is 0 Å². The Morgan fingerprint density at radius 3 is 2.65 bits per heavy atom. The van der Waals surface area contributed by atoms with Crippen LogP contribution in [-0.2, 0) is 0 Å². The molecular weight excluding hydrogens is 214 g/mol. The fourth-order valence-electron chi connectivity index (χ4n) is 1.50. The summed E-state index contributed by atoms with van der Waals surface area (Å²) in [5, 5.41) is 7.34. The van der Waals surface area contributed by atoms with Crippen LogP contribution < -0.4 is 5.73 Å². The third kappa shape index (κ3) is 2.60. The molecule has 0 radical (unpaired) electrons. The van der Waals surface area contributed by atoms with E-state index in [9.17, 15) is 4.79 Å². The molecule has 0 saturated carbocycles. The van der Waals surface area contributed by atoms with Crippen LogP contribution in [-0.4, -0.2) is 24.3 Å². The van der Waals surface area contributed by atoms with E-state index in [1.807, 2.05) is 42.5 Å². The predicted octanol–water partition coefficient (Wildman–Crippen LogP) is 2.18. The molecule has 2 aromatic rings. The van der Waals surface area contributed by atoms with Crippen LogP contribution in [0, 0.1) is 0 Å². The first-order chi connectivity index (χ1) is 8.16. The van der Waals surface area contributed by atoms with Gasteiger partial charge in [-0.1, -0.05) is 36.4 Å². The highest BCUT2D eigenvalue weighted by Gasteiger charge is 1.98. The van der Waals surface area contributed by atoms with Crippen molar-refractivity contribution in [3.8, 4) is 0 Å². The molecule has 0 bridgehead atoms. The van der Waals surface area contributed by atoms with Crippen molar-refractivity contribution in [3.05, 3.63) is 48.0 Å². The van der Waals surface area contributed by atoms with E-state index in [1.165, 1.54) is 12.4 Å². The lowest BCUT2D eigenvalue weighted by Crippen LogP contribution is -2.27. The Morgan fingerprint density at radius 2 is 1.94 bits per heavy atom. The number of carbonyl (C=O) groups is 1. The molecule has 0 heterocycles. The van der Waals surface area contributed by atoms with Crippen LogP contribution >= 0.6 is 0 Å². The van der Waals surface area contributed by atoms with Crippen molar-refractivity contribution in [1.82, 2.24) is 5.01 Å². The van der Waals surface area contributed by atoms with Crippen LogP contribution in [0.15, 0.2) is 47.6 Å². The Hall–Kier alpha value is -2.36. The van der Waals surface area contributed by atoms with E-state index in [2.05, 4.69) is 5.10 Å². The summed E-state index contributed by atoms with van der Waals surface area (Å²) in [6.45, 7) is 0. The molecule has 0 atom stereocenters. The van der Waals surface area contributed by atoms with Gasteiger partial charge in [0.05, 0.1) is 6.21 Å². The van der Waals surface area contributed by atoms with E-state index >= 15 is 0 Å². The number of primary amides is 1. The third-order valence-electron chi connectivity index (χ3n) is 2.47. The topological polar surface area (TPSA) is 58.7 Å². The minimum absolute atomic E-state index is 0.581. The van der Waals surface area contributed by atoms with Crippen molar-refractivity contribution in [1.29, 1.82) is 0 Å². The highest BCUT2D eigenvalue weighted by molar-refractivity contribution is 5.90. The molecule has 0 aliphatic heterocycles. The lowest BCUT2D eigenvalue weighted by atomic mass is 10.1. The summed E-state index contributed by atoms with van der Waals surface area (Å²) in [7, 11) is 1.51. The Bertz CT molecular complexity index is 578. The Kier molecular flexibility index (Phi) is 3.05. The Labute approximate surface area is 99.3 Å². The number of amides is 2. The van der Waals surface area contributed by atoms with Gasteiger partial charge >= 0.3 is 6.03 Å². The summed E-state index contributed by atoms with van der Waals surface area (Å²) in [6.07, 6.45) is 1.61. The van der Waals surface area contributed by atoms with Gasteiger partial charge in [0, 0.05) is 7.05 Å². The molecule has 0 spiro atoms. The highest BCUT2D eigenvalue weighted by Crippen LogP contribution is 2.14. The average Bonchev–Trinajstić information content (AvgIpc) is 2.35. The predicted molar refractivity (Wildman–Crippen MR) is 68.9 cm³/mol. The van der Waals surface area contributed by atoms with E-state index in [4.69, 9.17) is 5.73 Å². The molecule has 4 heteroatoms. The summed E-state index contributed by atoms with van der Waals surface area (Å²) in [4.78, 5) is 10.8. The first kappa shape index (κ1) is 11.1. The van der Waals surface area contributed by atoms with Crippen molar-refractivity contribution >= 4 is 23.0 Å². The largest absolute Gasteiger partial charge is 0.350 e. The minimum atomic E-state index is -0.581. The maximum atomic E-state index is 10.8. The number of fused-ring (bicyclic) bond motifs is 1. The maximum absolute atomic E-state index is 10.8. The number of nitrogens with zero attached hydrogens (tertiary/aromatic N) is 2. The van der Waals surface area contributed by atoms with Crippen molar-refractivity contribution < 1.29 is 4.79 Å². The fraction of sp³-hybridized carbons (Fsp3) is 0.0769. The third-order valence-corrected chi connectivity index (χ3v) is 2.47.